The van der Waals surface area contributed by atoms with Gasteiger partial charge in [0.15, 0.2) is 11.6 Å². The summed E-state index contributed by atoms with van der Waals surface area (Å²) in [4.78, 5) is 12.0. The van der Waals surface area contributed by atoms with Gasteiger partial charge in [0.05, 0.1) is 22.5 Å². The number of thiophene rings is 1. The van der Waals surface area contributed by atoms with Gasteiger partial charge in [-0.3, -0.25) is 4.79 Å². The van der Waals surface area contributed by atoms with Crippen LogP contribution in [0.3, 0.4) is 0 Å². The molecule has 0 saturated heterocycles. The van der Waals surface area contributed by atoms with Crippen LogP contribution < -0.4 is 10.1 Å². The van der Waals surface area contributed by atoms with Crippen molar-refractivity contribution in [1.29, 1.82) is 0 Å². The first-order valence-corrected chi connectivity index (χ1v) is 7.57. The Balaban J connectivity index is 2.10. The van der Waals surface area contributed by atoms with E-state index in [-0.39, 0.29) is 17.7 Å². The molecule has 1 N–H and O–H groups in total. The highest BCUT2D eigenvalue weighted by molar-refractivity contribution is 9.11. The van der Waals surface area contributed by atoms with Crippen molar-refractivity contribution in [3.8, 4) is 5.75 Å². The largest absolute Gasteiger partial charge is 0.494 e. The molecule has 20 heavy (non-hydrogen) atoms. The number of halogens is 2. The van der Waals surface area contributed by atoms with Crippen molar-refractivity contribution < 1.29 is 13.9 Å². The smallest absolute Gasteiger partial charge is 0.252 e. The molecule has 2 aromatic rings. The number of amides is 1. The van der Waals surface area contributed by atoms with E-state index < -0.39 is 5.82 Å². The van der Waals surface area contributed by atoms with E-state index in [0.717, 1.165) is 3.79 Å². The van der Waals surface area contributed by atoms with E-state index in [0.29, 0.717) is 11.1 Å². The van der Waals surface area contributed by atoms with Crippen LogP contribution >= 0.6 is 27.3 Å². The zero-order valence-corrected chi connectivity index (χ0v) is 13.3. The summed E-state index contributed by atoms with van der Waals surface area (Å²) >= 11 is 4.75. The number of carbonyl (C=O) groups is 1. The molecule has 1 aromatic carbocycles. The van der Waals surface area contributed by atoms with Crippen LogP contribution in [0.2, 0.25) is 0 Å². The Kier molecular flexibility index (Phi) is 4.77. The molecule has 6 heteroatoms. The van der Waals surface area contributed by atoms with Crippen molar-refractivity contribution in [3.63, 3.8) is 0 Å². The second kappa shape index (κ2) is 6.37. The fraction of sp³-hybridized carbons (Fsp3) is 0.214. The Hall–Kier alpha value is -1.40. The summed E-state index contributed by atoms with van der Waals surface area (Å²) < 4.78 is 19.4. The quantitative estimate of drug-likeness (QED) is 0.892. The molecule has 1 heterocycles. The Morgan fingerprint density at radius 2 is 2.20 bits per heavy atom. The maximum atomic E-state index is 13.6. The van der Waals surface area contributed by atoms with Gasteiger partial charge in [-0.15, -0.1) is 11.3 Å². The Labute approximate surface area is 128 Å². The third-order valence-electron chi connectivity index (χ3n) is 2.85. The van der Waals surface area contributed by atoms with Crippen LogP contribution in [0.15, 0.2) is 33.4 Å². The summed E-state index contributed by atoms with van der Waals surface area (Å²) in [6.07, 6.45) is 0. The molecule has 0 bridgehead atoms. The topological polar surface area (TPSA) is 38.3 Å². The number of carbonyl (C=O) groups excluding carboxylic acids is 1. The minimum Gasteiger partial charge on any atom is -0.494 e. The van der Waals surface area contributed by atoms with Crippen LogP contribution in [-0.4, -0.2) is 13.0 Å². The summed E-state index contributed by atoms with van der Waals surface area (Å²) in [5, 5.41) is 4.59. The molecule has 0 spiro atoms. The lowest BCUT2D eigenvalue weighted by Gasteiger charge is -2.14. The highest BCUT2D eigenvalue weighted by Gasteiger charge is 2.14. The molecule has 0 aliphatic heterocycles. The van der Waals surface area contributed by atoms with Gasteiger partial charge in [0.25, 0.3) is 5.91 Å². The van der Waals surface area contributed by atoms with Crippen molar-refractivity contribution in [3.05, 3.63) is 50.4 Å². The summed E-state index contributed by atoms with van der Waals surface area (Å²) in [7, 11) is 1.41. The Morgan fingerprint density at radius 3 is 2.75 bits per heavy atom. The maximum absolute atomic E-state index is 13.6. The molecule has 1 amide bonds. The minimum atomic E-state index is -0.440. The molecule has 0 saturated carbocycles. The molecule has 3 nitrogen and oxygen atoms in total. The number of benzene rings is 1. The van der Waals surface area contributed by atoms with Gasteiger partial charge in [0.1, 0.15) is 0 Å². The lowest BCUT2D eigenvalue weighted by Crippen LogP contribution is -2.26. The number of rotatable bonds is 4. The number of nitrogens with one attached hydrogen (secondary N) is 1. The first kappa shape index (κ1) is 15.0. The van der Waals surface area contributed by atoms with Crippen molar-refractivity contribution in [2.24, 2.45) is 0 Å². The maximum Gasteiger partial charge on any atom is 0.252 e. The Bertz CT molecular complexity index is 629. The van der Waals surface area contributed by atoms with Crippen molar-refractivity contribution in [2.45, 2.75) is 13.0 Å². The second-order valence-corrected chi connectivity index (χ2v) is 6.52. The van der Waals surface area contributed by atoms with Crippen LogP contribution in [0.5, 0.6) is 5.75 Å². The van der Waals surface area contributed by atoms with Crippen molar-refractivity contribution in [2.75, 3.05) is 7.11 Å². The van der Waals surface area contributed by atoms with E-state index in [1.54, 1.807) is 30.5 Å². The van der Waals surface area contributed by atoms with E-state index in [4.69, 9.17) is 4.74 Å². The van der Waals surface area contributed by atoms with Crippen molar-refractivity contribution >= 4 is 33.2 Å². The summed E-state index contributed by atoms with van der Waals surface area (Å²) in [5.41, 5.74) is 1.27. The molecule has 1 aromatic heterocycles. The standard InChI is InChI=1S/C14H13BrFNO2S/c1-8(9-3-4-12(19-2)11(16)5-9)17-14(18)10-6-13(15)20-7-10/h3-8H,1-2H3,(H,17,18). The molecule has 1 unspecified atom stereocenters. The van der Waals surface area contributed by atoms with E-state index >= 15 is 0 Å². The third-order valence-corrected chi connectivity index (χ3v) is 4.36. The molecule has 2 rings (SSSR count). The molecule has 1 atom stereocenters. The fourth-order valence-electron chi connectivity index (χ4n) is 1.74. The molecule has 0 radical (unpaired) electrons. The first-order chi connectivity index (χ1) is 9.51. The van der Waals surface area contributed by atoms with Gasteiger partial charge in [-0.25, -0.2) is 4.39 Å². The number of hydrogen-bond donors (Lipinski definition) is 1. The normalized spacial score (nSPS) is 12.0. The van der Waals surface area contributed by atoms with Crippen LogP contribution in [0.25, 0.3) is 0 Å². The van der Waals surface area contributed by atoms with Gasteiger partial charge < -0.3 is 10.1 Å². The predicted octanol–water partition coefficient (Wildman–Crippen LogP) is 4.15. The zero-order chi connectivity index (χ0) is 14.7. The van der Waals surface area contributed by atoms with Crippen LogP contribution in [-0.2, 0) is 0 Å². The van der Waals surface area contributed by atoms with Gasteiger partial charge in [0, 0.05) is 5.38 Å². The average molecular weight is 358 g/mol. The number of hydrogen-bond acceptors (Lipinski definition) is 3. The van der Waals surface area contributed by atoms with Gasteiger partial charge >= 0.3 is 0 Å². The highest BCUT2D eigenvalue weighted by atomic mass is 79.9. The number of methoxy groups -OCH3 is 1. The minimum absolute atomic E-state index is 0.185. The van der Waals surface area contributed by atoms with Gasteiger partial charge in [-0.05, 0) is 46.6 Å². The molecular formula is C14H13BrFNO2S. The highest BCUT2D eigenvalue weighted by Crippen LogP contribution is 2.23. The second-order valence-electron chi connectivity index (χ2n) is 4.23. The van der Waals surface area contributed by atoms with E-state index in [1.165, 1.54) is 24.5 Å². The van der Waals surface area contributed by atoms with Gasteiger partial charge in [-0.2, -0.15) is 0 Å². The molecule has 106 valence electrons. The predicted molar refractivity (Wildman–Crippen MR) is 80.9 cm³/mol. The monoisotopic (exact) mass is 357 g/mol. The zero-order valence-electron chi connectivity index (χ0n) is 10.9. The SMILES string of the molecule is COc1ccc(C(C)NC(=O)c2csc(Br)c2)cc1F. The van der Waals surface area contributed by atoms with Crippen LogP contribution in [0, 0.1) is 5.82 Å². The van der Waals surface area contributed by atoms with E-state index in [2.05, 4.69) is 21.2 Å². The Morgan fingerprint density at radius 1 is 1.45 bits per heavy atom. The molecular weight excluding hydrogens is 345 g/mol. The first-order valence-electron chi connectivity index (χ1n) is 5.89. The van der Waals surface area contributed by atoms with E-state index in [1.807, 2.05) is 0 Å². The van der Waals surface area contributed by atoms with Crippen molar-refractivity contribution in [1.82, 2.24) is 5.32 Å². The molecule has 0 aliphatic carbocycles. The van der Waals surface area contributed by atoms with Gasteiger partial charge in [-0.1, -0.05) is 6.07 Å². The fourth-order valence-corrected chi connectivity index (χ4v) is 2.88. The van der Waals surface area contributed by atoms with Crippen LogP contribution in [0.4, 0.5) is 4.39 Å². The lowest BCUT2D eigenvalue weighted by atomic mass is 10.1. The summed E-state index contributed by atoms with van der Waals surface area (Å²) in [6.45, 7) is 1.81. The summed E-state index contributed by atoms with van der Waals surface area (Å²) in [6, 6.07) is 6.11. The third kappa shape index (κ3) is 3.37. The average Bonchev–Trinajstić information content (AvgIpc) is 2.85. The van der Waals surface area contributed by atoms with E-state index in [9.17, 15) is 9.18 Å². The number of ether oxygens (including phenoxy) is 1. The molecule has 0 aliphatic rings. The van der Waals surface area contributed by atoms with Crippen LogP contribution in [0.1, 0.15) is 28.9 Å². The summed E-state index contributed by atoms with van der Waals surface area (Å²) in [5.74, 6) is -0.436. The molecule has 0 fully saturated rings. The lowest BCUT2D eigenvalue weighted by molar-refractivity contribution is 0.0940. The van der Waals surface area contributed by atoms with Gasteiger partial charge in [0.2, 0.25) is 0 Å².